The Kier molecular flexibility index (Phi) is 3.25. The predicted molar refractivity (Wildman–Crippen MR) is 80.6 cm³/mol. The zero-order chi connectivity index (χ0) is 14.2. The van der Waals surface area contributed by atoms with Crippen molar-refractivity contribution < 1.29 is 4.79 Å². The number of carbonyl (C=O) groups excluding carboxylic acids is 1. The van der Waals surface area contributed by atoms with Gasteiger partial charge in [0, 0.05) is 26.1 Å². The number of nitrogens with zero attached hydrogens (tertiary/aromatic N) is 4. The van der Waals surface area contributed by atoms with Crippen molar-refractivity contribution in [2.75, 3.05) is 13.1 Å². The fourth-order valence-corrected chi connectivity index (χ4v) is 4.41. The van der Waals surface area contributed by atoms with Gasteiger partial charge in [-0.05, 0) is 42.2 Å². The first-order valence-corrected chi connectivity index (χ1v) is 8.46. The molecule has 0 aromatic carbocycles. The van der Waals surface area contributed by atoms with Gasteiger partial charge in [-0.3, -0.25) is 4.79 Å². The van der Waals surface area contributed by atoms with E-state index in [2.05, 4.69) is 20.1 Å². The van der Waals surface area contributed by atoms with Crippen molar-refractivity contribution in [3.8, 4) is 0 Å². The summed E-state index contributed by atoms with van der Waals surface area (Å²) in [4.78, 5) is 15.8. The quantitative estimate of drug-likeness (QED) is 0.808. The lowest BCUT2D eigenvalue weighted by molar-refractivity contribution is 0.0762. The molecule has 21 heavy (non-hydrogen) atoms. The number of hydrogen-bond acceptors (Lipinski definition) is 4. The maximum Gasteiger partial charge on any atom is 0.264 e. The molecule has 0 radical (unpaired) electrons. The summed E-state index contributed by atoms with van der Waals surface area (Å²) in [7, 11) is 0. The topological polar surface area (TPSA) is 51.0 Å². The van der Waals surface area contributed by atoms with Crippen molar-refractivity contribution in [2.24, 2.45) is 0 Å². The number of carbonyl (C=O) groups is 1. The molecule has 1 aliphatic carbocycles. The Labute approximate surface area is 127 Å². The Bertz CT molecular complexity index is 653. The Morgan fingerprint density at radius 1 is 1.14 bits per heavy atom. The minimum absolute atomic E-state index is 0.210. The van der Waals surface area contributed by atoms with Gasteiger partial charge in [-0.25, -0.2) is 0 Å². The fraction of sp³-hybridized carbons (Fsp3) is 0.533. The highest BCUT2D eigenvalue weighted by molar-refractivity contribution is 7.12. The fourth-order valence-electron chi connectivity index (χ4n) is 3.28. The molecule has 2 aromatic heterocycles. The Hall–Kier alpha value is -1.69. The number of rotatable bonds is 1. The largest absolute Gasteiger partial charge is 0.336 e. The molecule has 1 amide bonds. The third kappa shape index (κ3) is 2.27. The molecule has 0 fully saturated rings. The number of fused-ring (bicyclic) bond motifs is 2. The first kappa shape index (κ1) is 13.0. The molecule has 2 aliphatic rings. The predicted octanol–water partition coefficient (Wildman–Crippen LogP) is 1.92. The van der Waals surface area contributed by atoms with Crippen LogP contribution in [0.1, 0.15) is 39.5 Å². The standard InChI is InChI=1S/C15H18N4OS/c20-15(14-12-4-2-1-3-11(12)9-21-14)18-6-5-13-17-16-10-19(13)8-7-18/h9-10H,1-8H2. The van der Waals surface area contributed by atoms with Gasteiger partial charge in [0.25, 0.3) is 5.91 Å². The van der Waals surface area contributed by atoms with E-state index in [9.17, 15) is 4.79 Å². The van der Waals surface area contributed by atoms with E-state index < -0.39 is 0 Å². The lowest BCUT2D eigenvalue weighted by atomic mass is 9.93. The molecule has 0 saturated carbocycles. The molecule has 1 aliphatic heterocycles. The molecule has 0 N–H and O–H groups in total. The van der Waals surface area contributed by atoms with Crippen molar-refractivity contribution >= 4 is 17.2 Å². The number of thiophene rings is 1. The summed E-state index contributed by atoms with van der Waals surface area (Å²) in [5, 5.41) is 10.2. The first-order valence-electron chi connectivity index (χ1n) is 7.58. The molecule has 6 heteroatoms. The van der Waals surface area contributed by atoms with Gasteiger partial charge >= 0.3 is 0 Å². The molecule has 0 atom stereocenters. The second kappa shape index (κ2) is 5.26. The van der Waals surface area contributed by atoms with Crippen LogP contribution in [0, 0.1) is 0 Å². The molecule has 0 unspecified atom stereocenters. The van der Waals surface area contributed by atoms with Crippen molar-refractivity contribution in [3.63, 3.8) is 0 Å². The third-order valence-electron chi connectivity index (χ3n) is 4.50. The van der Waals surface area contributed by atoms with E-state index in [4.69, 9.17) is 0 Å². The highest BCUT2D eigenvalue weighted by atomic mass is 32.1. The van der Waals surface area contributed by atoms with Gasteiger partial charge in [-0.1, -0.05) is 0 Å². The third-order valence-corrected chi connectivity index (χ3v) is 5.56. The van der Waals surface area contributed by atoms with E-state index in [-0.39, 0.29) is 5.91 Å². The van der Waals surface area contributed by atoms with E-state index in [0.717, 1.165) is 49.6 Å². The molecule has 4 rings (SSSR count). The minimum atomic E-state index is 0.210. The van der Waals surface area contributed by atoms with Crippen molar-refractivity contribution in [2.45, 2.75) is 38.6 Å². The van der Waals surface area contributed by atoms with Crippen LogP contribution in [-0.4, -0.2) is 38.7 Å². The first-order chi connectivity index (χ1) is 10.3. The molecule has 0 spiro atoms. The number of hydrogen-bond donors (Lipinski definition) is 0. The van der Waals surface area contributed by atoms with Gasteiger partial charge in [0.05, 0.1) is 4.88 Å². The second-order valence-corrected chi connectivity index (χ2v) is 6.64. The summed E-state index contributed by atoms with van der Waals surface area (Å²) in [6, 6.07) is 0. The summed E-state index contributed by atoms with van der Waals surface area (Å²) in [6.45, 7) is 2.28. The highest BCUT2D eigenvalue weighted by Gasteiger charge is 2.25. The molecule has 5 nitrogen and oxygen atoms in total. The van der Waals surface area contributed by atoms with Crippen LogP contribution in [-0.2, 0) is 25.8 Å². The lowest BCUT2D eigenvalue weighted by Gasteiger charge is -2.21. The molecule has 3 heterocycles. The molecule has 0 saturated heterocycles. The number of aromatic nitrogens is 3. The summed E-state index contributed by atoms with van der Waals surface area (Å²) in [5.41, 5.74) is 2.72. The zero-order valence-electron chi connectivity index (χ0n) is 11.9. The van der Waals surface area contributed by atoms with Gasteiger partial charge in [0.15, 0.2) is 0 Å². The van der Waals surface area contributed by atoms with Crippen LogP contribution < -0.4 is 0 Å². The smallest absolute Gasteiger partial charge is 0.264 e. The molecule has 2 aromatic rings. The van der Waals surface area contributed by atoms with Gasteiger partial charge in [-0.15, -0.1) is 21.5 Å². The van der Waals surface area contributed by atoms with E-state index in [1.165, 1.54) is 24.0 Å². The molecular formula is C15H18N4OS. The monoisotopic (exact) mass is 302 g/mol. The number of amides is 1. The van der Waals surface area contributed by atoms with E-state index >= 15 is 0 Å². The van der Waals surface area contributed by atoms with Crippen LogP contribution in [0.15, 0.2) is 11.7 Å². The Morgan fingerprint density at radius 3 is 3.00 bits per heavy atom. The molecule has 110 valence electrons. The van der Waals surface area contributed by atoms with Gasteiger partial charge in [0.2, 0.25) is 0 Å². The maximum atomic E-state index is 12.8. The van der Waals surface area contributed by atoms with Crippen LogP contribution >= 0.6 is 11.3 Å². The zero-order valence-corrected chi connectivity index (χ0v) is 12.7. The van der Waals surface area contributed by atoms with Gasteiger partial charge < -0.3 is 9.47 Å². The highest BCUT2D eigenvalue weighted by Crippen LogP contribution is 2.30. The number of aryl methyl sites for hydroxylation is 1. The maximum absolute atomic E-state index is 12.8. The van der Waals surface area contributed by atoms with Crippen LogP contribution in [0.5, 0.6) is 0 Å². The van der Waals surface area contributed by atoms with Crippen LogP contribution in [0.4, 0.5) is 0 Å². The molecule has 0 bridgehead atoms. The van der Waals surface area contributed by atoms with Crippen LogP contribution in [0.2, 0.25) is 0 Å². The summed E-state index contributed by atoms with van der Waals surface area (Å²) >= 11 is 1.63. The Balaban J connectivity index is 1.55. The van der Waals surface area contributed by atoms with Gasteiger partial charge in [-0.2, -0.15) is 0 Å². The van der Waals surface area contributed by atoms with Gasteiger partial charge in [0.1, 0.15) is 12.2 Å². The van der Waals surface area contributed by atoms with E-state index in [1.807, 2.05) is 4.90 Å². The summed E-state index contributed by atoms with van der Waals surface area (Å²) in [6.07, 6.45) is 7.23. The van der Waals surface area contributed by atoms with Crippen molar-refractivity contribution in [1.82, 2.24) is 19.7 Å². The minimum Gasteiger partial charge on any atom is -0.336 e. The van der Waals surface area contributed by atoms with Crippen LogP contribution in [0.25, 0.3) is 0 Å². The second-order valence-electron chi connectivity index (χ2n) is 5.76. The average Bonchev–Trinajstić information content (AvgIpc) is 3.09. The van der Waals surface area contributed by atoms with Crippen molar-refractivity contribution in [1.29, 1.82) is 0 Å². The van der Waals surface area contributed by atoms with E-state index in [1.54, 1.807) is 17.7 Å². The molecular weight excluding hydrogens is 284 g/mol. The van der Waals surface area contributed by atoms with E-state index in [0.29, 0.717) is 0 Å². The van der Waals surface area contributed by atoms with Crippen LogP contribution in [0.3, 0.4) is 0 Å². The van der Waals surface area contributed by atoms with Crippen molar-refractivity contribution in [3.05, 3.63) is 33.5 Å². The summed E-state index contributed by atoms with van der Waals surface area (Å²) < 4.78 is 2.05. The normalized spacial score (nSPS) is 18.0. The average molecular weight is 302 g/mol. The summed E-state index contributed by atoms with van der Waals surface area (Å²) in [5.74, 6) is 1.19. The Morgan fingerprint density at radius 2 is 2.05 bits per heavy atom. The SMILES string of the molecule is O=C(c1scc2c1CCCC2)N1CCc2nncn2CC1. The lowest BCUT2D eigenvalue weighted by Crippen LogP contribution is -2.33.